The van der Waals surface area contributed by atoms with Crippen molar-refractivity contribution in [1.82, 2.24) is 9.80 Å². The Morgan fingerprint density at radius 1 is 1.20 bits per heavy atom. The molecule has 20 heavy (non-hydrogen) atoms. The maximum Gasteiger partial charge on any atom is 0.321 e. The molecule has 3 N–H and O–H groups in total. The largest absolute Gasteiger partial charge is 0.338 e. The smallest absolute Gasteiger partial charge is 0.321 e. The topological polar surface area (TPSA) is 78.7 Å². The van der Waals surface area contributed by atoms with Crippen molar-refractivity contribution in [1.29, 1.82) is 0 Å². The van der Waals surface area contributed by atoms with Gasteiger partial charge in [0.1, 0.15) is 0 Å². The third kappa shape index (κ3) is 3.48. The molecule has 1 aromatic carbocycles. The number of rotatable bonds is 2. The van der Waals surface area contributed by atoms with Gasteiger partial charge in [-0.2, -0.15) is 0 Å². The summed E-state index contributed by atoms with van der Waals surface area (Å²) < 4.78 is 0. The van der Waals surface area contributed by atoms with E-state index in [-0.39, 0.29) is 18.5 Å². The molecule has 108 valence electrons. The van der Waals surface area contributed by atoms with Crippen LogP contribution < -0.4 is 11.1 Å². The van der Waals surface area contributed by atoms with E-state index in [1.807, 2.05) is 31.2 Å². The standard InChI is InChI=1S/C14H20N4O2/c1-11-3-2-4-12(9-11)16-14(20)18-7-5-17(6-8-18)13(19)10-15/h2-4,9H,5-8,10,15H2,1H3,(H,16,20). The second-order valence-corrected chi connectivity index (χ2v) is 4.87. The van der Waals surface area contributed by atoms with Crippen LogP contribution in [0.5, 0.6) is 0 Å². The van der Waals surface area contributed by atoms with Gasteiger partial charge in [-0.1, -0.05) is 12.1 Å². The van der Waals surface area contributed by atoms with Gasteiger partial charge in [0.15, 0.2) is 0 Å². The predicted molar refractivity (Wildman–Crippen MR) is 77.4 cm³/mol. The second-order valence-electron chi connectivity index (χ2n) is 4.87. The fourth-order valence-electron chi connectivity index (χ4n) is 2.21. The average molecular weight is 276 g/mol. The molecule has 1 aliphatic heterocycles. The summed E-state index contributed by atoms with van der Waals surface area (Å²) in [5.41, 5.74) is 7.22. The minimum atomic E-state index is -0.129. The Kier molecular flexibility index (Phi) is 4.57. The van der Waals surface area contributed by atoms with Crippen LogP contribution in [0.3, 0.4) is 0 Å². The van der Waals surface area contributed by atoms with Gasteiger partial charge in [0.25, 0.3) is 0 Å². The number of anilines is 1. The molecular weight excluding hydrogens is 256 g/mol. The van der Waals surface area contributed by atoms with Crippen LogP contribution in [0.4, 0.5) is 10.5 Å². The first kappa shape index (κ1) is 14.3. The first-order chi connectivity index (χ1) is 9.60. The van der Waals surface area contributed by atoms with Crippen molar-refractivity contribution in [2.75, 3.05) is 38.0 Å². The highest BCUT2D eigenvalue weighted by atomic mass is 16.2. The number of nitrogens with one attached hydrogen (secondary N) is 1. The molecule has 1 aromatic rings. The highest BCUT2D eigenvalue weighted by molar-refractivity contribution is 5.89. The molecule has 0 unspecified atom stereocenters. The number of amides is 3. The Hall–Kier alpha value is -2.08. The summed E-state index contributed by atoms with van der Waals surface area (Å²) in [5, 5.41) is 2.87. The van der Waals surface area contributed by atoms with Gasteiger partial charge in [-0.3, -0.25) is 4.79 Å². The van der Waals surface area contributed by atoms with Crippen molar-refractivity contribution in [3.8, 4) is 0 Å². The van der Waals surface area contributed by atoms with Crippen LogP contribution in [-0.2, 0) is 4.79 Å². The van der Waals surface area contributed by atoms with Gasteiger partial charge in [-0.05, 0) is 24.6 Å². The molecule has 1 saturated heterocycles. The third-order valence-electron chi connectivity index (χ3n) is 3.36. The molecule has 3 amide bonds. The summed E-state index contributed by atoms with van der Waals surface area (Å²) in [6.07, 6.45) is 0. The minimum absolute atomic E-state index is 0.0233. The molecule has 1 heterocycles. The number of piperazine rings is 1. The van der Waals surface area contributed by atoms with Gasteiger partial charge in [0.05, 0.1) is 6.54 Å². The van der Waals surface area contributed by atoms with E-state index in [0.29, 0.717) is 26.2 Å². The van der Waals surface area contributed by atoms with Crippen LogP contribution in [0.2, 0.25) is 0 Å². The van der Waals surface area contributed by atoms with Crippen molar-refractivity contribution in [3.63, 3.8) is 0 Å². The zero-order valence-corrected chi connectivity index (χ0v) is 11.6. The number of carbonyl (C=O) groups is 2. The normalized spacial score (nSPS) is 15.1. The zero-order valence-electron chi connectivity index (χ0n) is 11.6. The Bertz CT molecular complexity index is 496. The molecule has 6 nitrogen and oxygen atoms in total. The number of hydrogen-bond donors (Lipinski definition) is 2. The lowest BCUT2D eigenvalue weighted by Crippen LogP contribution is -2.52. The summed E-state index contributed by atoms with van der Waals surface area (Å²) in [7, 11) is 0. The lowest BCUT2D eigenvalue weighted by molar-refractivity contribution is -0.131. The Balaban J connectivity index is 1.87. The number of nitrogens with zero attached hydrogens (tertiary/aromatic N) is 2. The van der Waals surface area contributed by atoms with Crippen LogP contribution in [0.1, 0.15) is 5.56 Å². The van der Waals surface area contributed by atoms with Gasteiger partial charge in [-0.25, -0.2) is 4.79 Å². The van der Waals surface area contributed by atoms with E-state index in [1.54, 1.807) is 9.80 Å². The van der Waals surface area contributed by atoms with Crippen molar-refractivity contribution in [2.24, 2.45) is 5.73 Å². The molecule has 1 fully saturated rings. The molecule has 0 atom stereocenters. The molecule has 0 aromatic heterocycles. The quantitative estimate of drug-likeness (QED) is 0.831. The van der Waals surface area contributed by atoms with Crippen molar-refractivity contribution < 1.29 is 9.59 Å². The number of carbonyl (C=O) groups excluding carboxylic acids is 2. The van der Waals surface area contributed by atoms with E-state index in [0.717, 1.165) is 11.3 Å². The van der Waals surface area contributed by atoms with Crippen LogP contribution >= 0.6 is 0 Å². The molecule has 0 radical (unpaired) electrons. The molecular formula is C14H20N4O2. The highest BCUT2D eigenvalue weighted by Crippen LogP contribution is 2.11. The summed E-state index contributed by atoms with van der Waals surface area (Å²) >= 11 is 0. The molecule has 0 aliphatic carbocycles. The first-order valence-corrected chi connectivity index (χ1v) is 6.70. The monoisotopic (exact) mass is 276 g/mol. The van der Waals surface area contributed by atoms with Crippen molar-refractivity contribution >= 4 is 17.6 Å². The van der Waals surface area contributed by atoms with E-state index < -0.39 is 0 Å². The van der Waals surface area contributed by atoms with E-state index in [1.165, 1.54) is 0 Å². The average Bonchev–Trinajstić information content (AvgIpc) is 2.46. The fraction of sp³-hybridized carbons (Fsp3) is 0.429. The maximum atomic E-state index is 12.1. The summed E-state index contributed by atoms with van der Waals surface area (Å²) in [5.74, 6) is -0.0660. The van der Waals surface area contributed by atoms with E-state index >= 15 is 0 Å². The Labute approximate surface area is 118 Å². The molecule has 6 heteroatoms. The number of nitrogens with two attached hydrogens (primary N) is 1. The second kappa shape index (κ2) is 6.38. The van der Waals surface area contributed by atoms with Crippen molar-refractivity contribution in [3.05, 3.63) is 29.8 Å². The fourth-order valence-corrected chi connectivity index (χ4v) is 2.21. The number of aryl methyl sites for hydroxylation is 1. The molecule has 1 aliphatic rings. The predicted octanol–water partition coefficient (Wildman–Crippen LogP) is 0.630. The molecule has 0 saturated carbocycles. The summed E-state index contributed by atoms with van der Waals surface area (Å²) in [6.45, 7) is 4.14. The Morgan fingerprint density at radius 3 is 2.45 bits per heavy atom. The first-order valence-electron chi connectivity index (χ1n) is 6.70. The Morgan fingerprint density at radius 2 is 1.85 bits per heavy atom. The summed E-state index contributed by atoms with van der Waals surface area (Å²) in [6, 6.07) is 7.54. The van der Waals surface area contributed by atoms with Gasteiger partial charge >= 0.3 is 6.03 Å². The SMILES string of the molecule is Cc1cccc(NC(=O)N2CCN(C(=O)CN)CC2)c1. The number of benzene rings is 1. The summed E-state index contributed by atoms with van der Waals surface area (Å²) in [4.78, 5) is 27.0. The van der Waals surface area contributed by atoms with Gasteiger partial charge < -0.3 is 20.9 Å². The van der Waals surface area contributed by atoms with Crippen LogP contribution in [-0.4, -0.2) is 54.5 Å². The maximum absolute atomic E-state index is 12.1. The van der Waals surface area contributed by atoms with Crippen molar-refractivity contribution in [2.45, 2.75) is 6.92 Å². The molecule has 0 bridgehead atoms. The highest BCUT2D eigenvalue weighted by Gasteiger charge is 2.23. The molecule has 2 rings (SSSR count). The van der Waals surface area contributed by atoms with Gasteiger partial charge in [-0.15, -0.1) is 0 Å². The van der Waals surface area contributed by atoms with Gasteiger partial charge in [0, 0.05) is 31.9 Å². The lowest BCUT2D eigenvalue weighted by atomic mass is 10.2. The third-order valence-corrected chi connectivity index (χ3v) is 3.36. The van der Waals surface area contributed by atoms with Crippen LogP contribution in [0.15, 0.2) is 24.3 Å². The van der Waals surface area contributed by atoms with Gasteiger partial charge in [0.2, 0.25) is 5.91 Å². The van der Waals surface area contributed by atoms with E-state index in [9.17, 15) is 9.59 Å². The van der Waals surface area contributed by atoms with E-state index in [2.05, 4.69) is 5.32 Å². The van der Waals surface area contributed by atoms with Crippen LogP contribution in [0.25, 0.3) is 0 Å². The lowest BCUT2D eigenvalue weighted by Gasteiger charge is -2.34. The molecule has 0 spiro atoms. The number of hydrogen-bond acceptors (Lipinski definition) is 3. The van der Waals surface area contributed by atoms with E-state index in [4.69, 9.17) is 5.73 Å². The minimum Gasteiger partial charge on any atom is -0.338 e. The van der Waals surface area contributed by atoms with Crippen LogP contribution in [0, 0.1) is 6.92 Å². The number of urea groups is 1. The zero-order chi connectivity index (χ0) is 14.5.